The molecule has 3 aromatic rings. The summed E-state index contributed by atoms with van der Waals surface area (Å²) in [7, 11) is 1.73. The zero-order chi connectivity index (χ0) is 22.5. The van der Waals surface area contributed by atoms with Crippen LogP contribution in [0.5, 0.6) is 5.75 Å². The van der Waals surface area contributed by atoms with Crippen LogP contribution in [0, 0.1) is 5.82 Å². The molecule has 0 atom stereocenters. The van der Waals surface area contributed by atoms with Crippen molar-refractivity contribution in [3.63, 3.8) is 0 Å². The standard InChI is InChI=1S/C23H22FN5O3/c1-28-11-12-29-21(23(28)31)22(32-15-17-5-3-2-4-6-17)19(27-29)14-25-26-20(30)13-16-7-9-18(24)10-8-16/h2-10,14H,11-13,15H2,1H3,(H,26,30)/b25-14+. The number of carbonyl (C=O) groups is 2. The molecule has 32 heavy (non-hydrogen) atoms. The van der Waals surface area contributed by atoms with Crippen LogP contribution >= 0.6 is 0 Å². The van der Waals surface area contributed by atoms with Gasteiger partial charge in [-0.05, 0) is 23.3 Å². The fourth-order valence-corrected chi connectivity index (χ4v) is 3.31. The summed E-state index contributed by atoms with van der Waals surface area (Å²) in [6, 6.07) is 15.3. The fraction of sp³-hybridized carbons (Fsp3) is 0.217. The van der Waals surface area contributed by atoms with Gasteiger partial charge in [-0.25, -0.2) is 9.82 Å². The van der Waals surface area contributed by atoms with Crippen LogP contribution in [0.15, 0.2) is 59.7 Å². The van der Waals surface area contributed by atoms with E-state index in [9.17, 15) is 14.0 Å². The van der Waals surface area contributed by atoms with Gasteiger partial charge in [0.25, 0.3) is 5.91 Å². The molecule has 0 spiro atoms. The highest BCUT2D eigenvalue weighted by Gasteiger charge is 2.30. The van der Waals surface area contributed by atoms with Crippen LogP contribution in [0.1, 0.15) is 27.3 Å². The van der Waals surface area contributed by atoms with E-state index in [2.05, 4.69) is 15.6 Å². The lowest BCUT2D eigenvalue weighted by Crippen LogP contribution is -2.37. The monoisotopic (exact) mass is 435 g/mol. The normalized spacial score (nSPS) is 13.3. The van der Waals surface area contributed by atoms with E-state index < -0.39 is 0 Å². The second kappa shape index (κ2) is 9.42. The van der Waals surface area contributed by atoms with Gasteiger partial charge in [-0.3, -0.25) is 14.3 Å². The molecule has 0 fully saturated rings. The van der Waals surface area contributed by atoms with Crippen molar-refractivity contribution in [2.45, 2.75) is 19.6 Å². The minimum absolute atomic E-state index is 0.0535. The molecule has 0 saturated carbocycles. The second-order valence-corrected chi connectivity index (χ2v) is 7.38. The summed E-state index contributed by atoms with van der Waals surface area (Å²) < 4.78 is 20.6. The quantitative estimate of drug-likeness (QED) is 0.456. The topological polar surface area (TPSA) is 88.8 Å². The number of nitrogens with zero attached hydrogens (tertiary/aromatic N) is 4. The van der Waals surface area contributed by atoms with Crippen LogP contribution in [0.4, 0.5) is 4.39 Å². The summed E-state index contributed by atoms with van der Waals surface area (Å²) >= 11 is 0. The number of fused-ring (bicyclic) bond motifs is 1. The molecule has 1 aliphatic heterocycles. The van der Waals surface area contributed by atoms with Crippen LogP contribution in [-0.4, -0.2) is 46.3 Å². The Balaban J connectivity index is 1.50. The van der Waals surface area contributed by atoms with Crippen LogP contribution < -0.4 is 10.2 Å². The molecular weight excluding hydrogens is 413 g/mol. The number of benzene rings is 2. The van der Waals surface area contributed by atoms with Crippen LogP contribution in [0.2, 0.25) is 0 Å². The Morgan fingerprint density at radius 1 is 1.16 bits per heavy atom. The lowest BCUT2D eigenvalue weighted by atomic mass is 10.1. The number of likely N-dealkylation sites (N-methyl/N-ethyl adjacent to an activating group) is 1. The number of hydrogen-bond acceptors (Lipinski definition) is 5. The second-order valence-electron chi connectivity index (χ2n) is 7.38. The third kappa shape index (κ3) is 4.83. The Morgan fingerprint density at radius 2 is 1.91 bits per heavy atom. The Hall–Kier alpha value is -4.01. The molecular formula is C23H22FN5O3. The zero-order valence-corrected chi connectivity index (χ0v) is 17.5. The maximum Gasteiger partial charge on any atom is 0.275 e. The molecule has 2 heterocycles. The van der Waals surface area contributed by atoms with E-state index in [1.54, 1.807) is 28.8 Å². The first-order valence-electron chi connectivity index (χ1n) is 10.1. The smallest absolute Gasteiger partial charge is 0.275 e. The van der Waals surface area contributed by atoms with Gasteiger partial charge < -0.3 is 9.64 Å². The van der Waals surface area contributed by atoms with Crippen molar-refractivity contribution in [3.05, 3.63) is 82.9 Å². The molecule has 1 aliphatic rings. The molecule has 0 radical (unpaired) electrons. The molecule has 2 aromatic carbocycles. The largest absolute Gasteiger partial charge is 0.484 e. The van der Waals surface area contributed by atoms with E-state index in [1.807, 2.05) is 30.3 Å². The molecule has 4 rings (SSSR count). The predicted octanol–water partition coefficient (Wildman–Crippen LogP) is 2.38. The van der Waals surface area contributed by atoms with E-state index >= 15 is 0 Å². The molecule has 8 nitrogen and oxygen atoms in total. The van der Waals surface area contributed by atoms with E-state index in [4.69, 9.17) is 4.74 Å². The predicted molar refractivity (Wildman–Crippen MR) is 116 cm³/mol. The van der Waals surface area contributed by atoms with Crippen molar-refractivity contribution < 1.29 is 18.7 Å². The van der Waals surface area contributed by atoms with Gasteiger partial charge in [-0.2, -0.15) is 10.2 Å². The van der Waals surface area contributed by atoms with Crippen molar-refractivity contribution >= 4 is 18.0 Å². The number of hydrogen-bond donors (Lipinski definition) is 1. The number of carbonyl (C=O) groups excluding carboxylic acids is 2. The molecule has 1 aromatic heterocycles. The number of aromatic nitrogens is 2. The van der Waals surface area contributed by atoms with E-state index in [1.165, 1.54) is 18.3 Å². The first kappa shape index (κ1) is 21.2. The summed E-state index contributed by atoms with van der Waals surface area (Å²) in [5.41, 5.74) is 4.74. The highest BCUT2D eigenvalue weighted by Crippen LogP contribution is 2.27. The number of rotatable bonds is 7. The molecule has 164 valence electrons. The van der Waals surface area contributed by atoms with Crippen molar-refractivity contribution in [2.24, 2.45) is 5.10 Å². The van der Waals surface area contributed by atoms with Crippen molar-refractivity contribution in [3.8, 4) is 5.75 Å². The lowest BCUT2D eigenvalue weighted by molar-refractivity contribution is -0.120. The third-order valence-corrected chi connectivity index (χ3v) is 5.01. The van der Waals surface area contributed by atoms with Crippen LogP contribution in [0.3, 0.4) is 0 Å². The van der Waals surface area contributed by atoms with Gasteiger partial charge in [0.2, 0.25) is 5.91 Å². The summed E-state index contributed by atoms with van der Waals surface area (Å²) in [5.74, 6) is -0.590. The van der Waals surface area contributed by atoms with Crippen LogP contribution in [-0.2, 0) is 24.4 Å². The molecule has 2 amide bonds. The Bertz CT molecular complexity index is 1140. The highest BCUT2D eigenvalue weighted by molar-refractivity contribution is 5.99. The highest BCUT2D eigenvalue weighted by atomic mass is 19.1. The average Bonchev–Trinajstić information content (AvgIpc) is 3.15. The van der Waals surface area contributed by atoms with Crippen molar-refractivity contribution in [1.29, 1.82) is 0 Å². The maximum absolute atomic E-state index is 13.0. The van der Waals surface area contributed by atoms with E-state index in [0.29, 0.717) is 35.8 Å². The third-order valence-electron chi connectivity index (χ3n) is 5.01. The summed E-state index contributed by atoms with van der Waals surface area (Å²) in [4.78, 5) is 26.5. The SMILES string of the molecule is CN1CCn2nc(/C=N/NC(=O)Cc3ccc(F)cc3)c(OCc3ccccc3)c2C1=O. The fourth-order valence-electron chi connectivity index (χ4n) is 3.31. The van der Waals surface area contributed by atoms with Crippen LogP contribution in [0.25, 0.3) is 0 Å². The van der Waals surface area contributed by atoms with Gasteiger partial charge in [0.1, 0.15) is 18.1 Å². The van der Waals surface area contributed by atoms with E-state index in [0.717, 1.165) is 5.56 Å². The Morgan fingerprint density at radius 3 is 2.66 bits per heavy atom. The minimum atomic E-state index is -0.362. The Labute approximate surface area is 184 Å². The molecule has 1 N–H and O–H groups in total. The Kier molecular flexibility index (Phi) is 6.25. The maximum atomic E-state index is 13.0. The number of amides is 2. The minimum Gasteiger partial charge on any atom is -0.484 e. The molecule has 0 bridgehead atoms. The van der Waals surface area contributed by atoms with Gasteiger partial charge in [0.15, 0.2) is 11.4 Å². The summed E-state index contributed by atoms with van der Waals surface area (Å²) in [6.07, 6.45) is 1.42. The van der Waals surface area contributed by atoms with Gasteiger partial charge in [0.05, 0.1) is 19.2 Å². The van der Waals surface area contributed by atoms with Gasteiger partial charge >= 0.3 is 0 Å². The number of nitrogens with one attached hydrogen (secondary N) is 1. The number of hydrazone groups is 1. The summed E-state index contributed by atoms with van der Waals surface area (Å²) in [6.45, 7) is 1.33. The van der Waals surface area contributed by atoms with Gasteiger partial charge in [-0.1, -0.05) is 42.5 Å². The number of halogens is 1. The molecule has 0 unspecified atom stereocenters. The average molecular weight is 435 g/mol. The summed E-state index contributed by atoms with van der Waals surface area (Å²) in [5, 5.41) is 8.42. The first-order chi connectivity index (χ1) is 15.5. The molecule has 9 heteroatoms. The zero-order valence-electron chi connectivity index (χ0n) is 17.5. The number of ether oxygens (including phenoxy) is 1. The lowest BCUT2D eigenvalue weighted by Gasteiger charge is -2.23. The van der Waals surface area contributed by atoms with Crippen molar-refractivity contribution in [2.75, 3.05) is 13.6 Å². The van der Waals surface area contributed by atoms with E-state index in [-0.39, 0.29) is 30.7 Å². The van der Waals surface area contributed by atoms with Crippen molar-refractivity contribution in [1.82, 2.24) is 20.1 Å². The van der Waals surface area contributed by atoms with Gasteiger partial charge in [-0.15, -0.1) is 0 Å². The molecule has 0 aliphatic carbocycles. The first-order valence-corrected chi connectivity index (χ1v) is 10.1. The van der Waals surface area contributed by atoms with Gasteiger partial charge in [0, 0.05) is 13.6 Å². The molecule has 0 saturated heterocycles.